The fourth-order valence-electron chi connectivity index (χ4n) is 5.63. The second kappa shape index (κ2) is 11.3. The molecule has 2 fully saturated rings. The van der Waals surface area contributed by atoms with Crippen molar-refractivity contribution in [1.82, 2.24) is 19.8 Å². The number of benzene rings is 2. The van der Waals surface area contributed by atoms with Gasteiger partial charge in [0, 0.05) is 19.5 Å². The van der Waals surface area contributed by atoms with Crippen LogP contribution >= 0.6 is 0 Å². The number of fused-ring (bicyclic) bond motifs is 1. The quantitative estimate of drug-likeness (QED) is 0.448. The number of carbonyl (C=O) groups excluding carboxylic acids is 3. The van der Waals surface area contributed by atoms with Gasteiger partial charge in [-0.25, -0.2) is 4.98 Å². The highest BCUT2D eigenvalue weighted by atomic mass is 19.4. The van der Waals surface area contributed by atoms with Gasteiger partial charge in [0.1, 0.15) is 17.6 Å². The fraction of sp³-hybridized carbons (Fsp3) is 0.414. The molecule has 0 radical (unpaired) electrons. The van der Waals surface area contributed by atoms with Gasteiger partial charge in [-0.1, -0.05) is 18.2 Å². The Morgan fingerprint density at radius 3 is 2.51 bits per heavy atom. The van der Waals surface area contributed by atoms with Gasteiger partial charge in [-0.15, -0.1) is 13.2 Å². The highest BCUT2D eigenvalue weighted by molar-refractivity contribution is 5.99. The van der Waals surface area contributed by atoms with Crippen LogP contribution in [0.1, 0.15) is 59.9 Å². The van der Waals surface area contributed by atoms with E-state index in [0.717, 1.165) is 18.1 Å². The van der Waals surface area contributed by atoms with Crippen LogP contribution in [0.4, 0.5) is 13.2 Å². The molecule has 0 aliphatic carbocycles. The molecular weight excluding hydrogens is 541 g/mol. The van der Waals surface area contributed by atoms with Crippen LogP contribution in [0.2, 0.25) is 0 Å². The van der Waals surface area contributed by atoms with Gasteiger partial charge in [0.05, 0.1) is 16.5 Å². The Hall–Kier alpha value is -4.22. The highest BCUT2D eigenvalue weighted by Crippen LogP contribution is 2.30. The lowest BCUT2D eigenvalue weighted by Gasteiger charge is -2.32. The summed E-state index contributed by atoms with van der Waals surface area (Å²) in [6, 6.07) is 10.1. The van der Waals surface area contributed by atoms with E-state index < -0.39 is 30.0 Å². The largest absolute Gasteiger partial charge is 0.573 e. The number of para-hydroxylation sites is 1. The molecule has 1 N–H and O–H groups in total. The summed E-state index contributed by atoms with van der Waals surface area (Å²) in [4.78, 5) is 56.4. The third-order valence-electron chi connectivity index (χ3n) is 7.75. The van der Waals surface area contributed by atoms with Crippen molar-refractivity contribution >= 4 is 28.6 Å². The van der Waals surface area contributed by atoms with E-state index in [4.69, 9.17) is 0 Å². The number of nitrogens with one attached hydrogen (secondary N) is 1. The first kappa shape index (κ1) is 28.3. The van der Waals surface area contributed by atoms with Gasteiger partial charge < -0.3 is 9.64 Å². The van der Waals surface area contributed by atoms with E-state index in [1.165, 1.54) is 22.8 Å². The van der Waals surface area contributed by atoms with E-state index in [2.05, 4.69) is 15.0 Å². The van der Waals surface area contributed by atoms with Gasteiger partial charge in [-0.05, 0) is 74.8 Å². The maximum absolute atomic E-state index is 13.4. The molecule has 3 heterocycles. The Labute approximate surface area is 233 Å². The van der Waals surface area contributed by atoms with E-state index in [1.54, 1.807) is 24.0 Å². The Morgan fingerprint density at radius 2 is 1.80 bits per heavy atom. The summed E-state index contributed by atoms with van der Waals surface area (Å²) in [6.07, 6.45) is -1.61. The standard InChI is InChI=1S/C29H29F3N4O5/c1-17-33-22-9-8-19(16-21(22)28(40)36(17)23-10-11-25(37)34-26(23)38)7-6-18-12-14-35(15-13-18)27(39)20-4-2-3-5-24(20)41-29(30,31)32/h2-5,8-9,16,18,23H,6-7,10-15H2,1H3,(H,34,37,38). The lowest BCUT2D eigenvalue weighted by atomic mass is 9.90. The Balaban J connectivity index is 1.23. The first-order valence-corrected chi connectivity index (χ1v) is 13.5. The van der Waals surface area contributed by atoms with E-state index >= 15 is 0 Å². The van der Waals surface area contributed by atoms with E-state index in [-0.39, 0.29) is 29.9 Å². The predicted molar refractivity (Wildman–Crippen MR) is 142 cm³/mol. The number of imide groups is 1. The normalized spacial score (nSPS) is 18.4. The maximum Gasteiger partial charge on any atom is 0.573 e. The van der Waals surface area contributed by atoms with Gasteiger partial charge in [-0.3, -0.25) is 29.1 Å². The van der Waals surface area contributed by atoms with Gasteiger partial charge >= 0.3 is 6.36 Å². The minimum Gasteiger partial charge on any atom is -0.405 e. The van der Waals surface area contributed by atoms with Crippen LogP contribution in [-0.4, -0.2) is 51.6 Å². The third kappa shape index (κ3) is 6.26. The first-order chi connectivity index (χ1) is 19.5. The van der Waals surface area contributed by atoms with Crippen LogP contribution < -0.4 is 15.6 Å². The SMILES string of the molecule is Cc1nc2ccc(CCC3CCN(C(=O)c4ccccc4OC(F)(F)F)CC3)cc2c(=O)n1C1CCC(=O)NC1=O. The molecule has 12 heteroatoms. The van der Waals surface area contributed by atoms with Crippen LogP contribution in [0, 0.1) is 12.8 Å². The number of hydrogen-bond acceptors (Lipinski definition) is 6. The zero-order chi connectivity index (χ0) is 29.3. The minimum absolute atomic E-state index is 0.119. The molecule has 3 amide bonds. The van der Waals surface area contributed by atoms with Crippen LogP contribution in [0.5, 0.6) is 5.75 Å². The Kier molecular flexibility index (Phi) is 7.83. The summed E-state index contributed by atoms with van der Waals surface area (Å²) in [5.41, 5.74) is 1.02. The zero-order valence-electron chi connectivity index (χ0n) is 22.4. The van der Waals surface area contributed by atoms with Crippen molar-refractivity contribution in [2.75, 3.05) is 13.1 Å². The molecule has 9 nitrogen and oxygen atoms in total. The second-order valence-electron chi connectivity index (χ2n) is 10.5. The summed E-state index contributed by atoms with van der Waals surface area (Å²) < 4.78 is 43.7. The van der Waals surface area contributed by atoms with Gasteiger partial charge in [0.25, 0.3) is 11.5 Å². The molecule has 2 saturated heterocycles. The van der Waals surface area contributed by atoms with Crippen molar-refractivity contribution in [3.05, 3.63) is 69.8 Å². The molecule has 0 saturated carbocycles. The van der Waals surface area contributed by atoms with Crippen molar-refractivity contribution in [1.29, 1.82) is 0 Å². The number of piperidine rings is 2. The number of carbonyl (C=O) groups is 3. The lowest BCUT2D eigenvalue weighted by Crippen LogP contribution is -2.45. The van der Waals surface area contributed by atoms with Crippen molar-refractivity contribution in [3.8, 4) is 5.75 Å². The molecule has 216 valence electrons. The average Bonchev–Trinajstić information content (AvgIpc) is 2.92. The monoisotopic (exact) mass is 570 g/mol. The number of halogens is 3. The van der Waals surface area contributed by atoms with Gasteiger partial charge in [-0.2, -0.15) is 0 Å². The van der Waals surface area contributed by atoms with Crippen molar-refractivity contribution in [2.45, 2.75) is 57.9 Å². The van der Waals surface area contributed by atoms with Crippen LogP contribution in [0.15, 0.2) is 47.3 Å². The summed E-state index contributed by atoms with van der Waals surface area (Å²) in [6.45, 7) is 2.50. The number of nitrogens with zero attached hydrogens (tertiary/aromatic N) is 3. The molecule has 2 aliphatic heterocycles. The molecule has 2 aromatic carbocycles. The van der Waals surface area contributed by atoms with Crippen molar-refractivity contribution in [2.24, 2.45) is 5.92 Å². The third-order valence-corrected chi connectivity index (χ3v) is 7.75. The summed E-state index contributed by atoms with van der Waals surface area (Å²) in [5, 5.41) is 2.69. The Bertz CT molecular complexity index is 1560. The molecule has 1 aromatic heterocycles. The van der Waals surface area contributed by atoms with E-state index in [0.29, 0.717) is 55.0 Å². The van der Waals surface area contributed by atoms with Crippen LogP contribution in [-0.2, 0) is 16.0 Å². The number of aryl methyl sites for hydroxylation is 2. The molecule has 41 heavy (non-hydrogen) atoms. The number of amides is 3. The maximum atomic E-state index is 13.4. The molecule has 1 unspecified atom stereocenters. The van der Waals surface area contributed by atoms with E-state index in [9.17, 15) is 32.3 Å². The molecule has 3 aromatic rings. The molecule has 0 bridgehead atoms. The Morgan fingerprint density at radius 1 is 1.07 bits per heavy atom. The molecule has 2 aliphatic rings. The molecule has 5 rings (SSSR count). The smallest absolute Gasteiger partial charge is 0.405 e. The lowest BCUT2D eigenvalue weighted by molar-refractivity contribution is -0.274. The summed E-state index contributed by atoms with van der Waals surface area (Å²) in [7, 11) is 0. The number of hydrogen-bond donors (Lipinski definition) is 1. The number of rotatable bonds is 6. The molecular formula is C29H29F3N4O5. The first-order valence-electron chi connectivity index (χ1n) is 13.5. The van der Waals surface area contributed by atoms with Crippen LogP contribution in [0.25, 0.3) is 10.9 Å². The number of ether oxygens (including phenoxy) is 1. The van der Waals surface area contributed by atoms with Crippen molar-refractivity contribution < 1.29 is 32.3 Å². The fourth-order valence-corrected chi connectivity index (χ4v) is 5.63. The molecule has 0 spiro atoms. The topological polar surface area (TPSA) is 111 Å². The number of aromatic nitrogens is 2. The minimum atomic E-state index is -4.89. The zero-order valence-corrected chi connectivity index (χ0v) is 22.4. The highest BCUT2D eigenvalue weighted by Gasteiger charge is 2.34. The van der Waals surface area contributed by atoms with Crippen molar-refractivity contribution in [3.63, 3.8) is 0 Å². The van der Waals surface area contributed by atoms with E-state index in [1.807, 2.05) is 6.07 Å². The van der Waals surface area contributed by atoms with Gasteiger partial charge in [0.2, 0.25) is 11.8 Å². The second-order valence-corrected chi connectivity index (χ2v) is 10.5. The average molecular weight is 571 g/mol. The summed E-state index contributed by atoms with van der Waals surface area (Å²) >= 11 is 0. The molecule has 1 atom stereocenters. The predicted octanol–water partition coefficient (Wildman–Crippen LogP) is 4.07. The van der Waals surface area contributed by atoms with Gasteiger partial charge in [0.15, 0.2) is 0 Å². The number of alkyl halides is 3. The summed E-state index contributed by atoms with van der Waals surface area (Å²) in [5.74, 6) is -1.17. The van der Waals surface area contributed by atoms with Crippen LogP contribution in [0.3, 0.4) is 0 Å². The number of likely N-dealkylation sites (tertiary alicyclic amines) is 1.